The normalized spacial score (nSPS) is 16.5. The molecule has 1 fully saturated rings. The molecule has 2 aliphatic rings. The average Bonchev–Trinajstić information content (AvgIpc) is 3.46. The van der Waals surface area contributed by atoms with Gasteiger partial charge in [-0.25, -0.2) is 4.98 Å². The molecule has 29 heavy (non-hydrogen) atoms. The second-order valence-electron chi connectivity index (χ2n) is 7.01. The lowest BCUT2D eigenvalue weighted by molar-refractivity contribution is 0.163. The zero-order chi connectivity index (χ0) is 19.8. The Labute approximate surface area is 167 Å². The van der Waals surface area contributed by atoms with Crippen molar-refractivity contribution in [3.8, 4) is 11.5 Å². The number of aromatic nitrogens is 3. The van der Waals surface area contributed by atoms with E-state index >= 15 is 0 Å². The van der Waals surface area contributed by atoms with Crippen molar-refractivity contribution >= 4 is 28.7 Å². The Balaban J connectivity index is 1.47. The fourth-order valence-electron chi connectivity index (χ4n) is 3.28. The van der Waals surface area contributed by atoms with Gasteiger partial charge in [0.05, 0.1) is 11.9 Å². The van der Waals surface area contributed by atoms with Crippen LogP contribution >= 0.6 is 0 Å². The number of rotatable bonds is 7. The molecule has 1 aromatic carbocycles. The minimum absolute atomic E-state index is 0.365. The fourth-order valence-corrected chi connectivity index (χ4v) is 3.28. The van der Waals surface area contributed by atoms with Crippen LogP contribution in [0.4, 0.5) is 23.0 Å². The van der Waals surface area contributed by atoms with Crippen LogP contribution in [0.5, 0.6) is 11.5 Å². The van der Waals surface area contributed by atoms with Crippen LogP contribution in [-0.4, -0.2) is 52.4 Å². The molecule has 5 N–H and O–H groups in total. The number of nitrogens with one attached hydrogen (secondary N) is 4. The molecular weight excluding hydrogens is 374 g/mol. The highest BCUT2D eigenvalue weighted by molar-refractivity contribution is 5.75. The van der Waals surface area contributed by atoms with E-state index < -0.39 is 6.35 Å². The highest BCUT2D eigenvalue weighted by Gasteiger charge is 2.24. The van der Waals surface area contributed by atoms with E-state index in [4.69, 9.17) is 9.47 Å². The topological polar surface area (TPSA) is 117 Å². The Kier molecular flexibility index (Phi) is 4.49. The summed E-state index contributed by atoms with van der Waals surface area (Å²) >= 11 is 0. The summed E-state index contributed by atoms with van der Waals surface area (Å²) in [4.78, 5) is 4.69. The highest BCUT2D eigenvalue weighted by atomic mass is 16.6. The van der Waals surface area contributed by atoms with Crippen molar-refractivity contribution in [2.24, 2.45) is 0 Å². The lowest BCUT2D eigenvalue weighted by atomic mass is 10.2. The van der Waals surface area contributed by atoms with E-state index in [2.05, 4.69) is 31.3 Å². The van der Waals surface area contributed by atoms with Crippen LogP contribution in [0.2, 0.25) is 0 Å². The molecule has 5 rings (SSSR count). The number of benzene rings is 1. The summed E-state index contributed by atoms with van der Waals surface area (Å²) in [6.07, 6.45) is 2.94. The van der Waals surface area contributed by atoms with E-state index in [1.165, 1.54) is 0 Å². The molecule has 3 aromatic rings. The molecule has 0 radical (unpaired) electrons. The number of hydrogen-bond donors (Lipinski definition) is 5. The first-order valence-electron chi connectivity index (χ1n) is 9.64. The molecular formula is C19H23N7O3. The molecule has 1 saturated carbocycles. The summed E-state index contributed by atoms with van der Waals surface area (Å²) in [6.45, 7) is 1.04. The zero-order valence-electron chi connectivity index (χ0n) is 16.0. The van der Waals surface area contributed by atoms with Gasteiger partial charge in [0.25, 0.3) is 0 Å². The van der Waals surface area contributed by atoms with Crippen molar-refractivity contribution in [1.29, 1.82) is 0 Å². The van der Waals surface area contributed by atoms with Gasteiger partial charge < -0.3 is 30.5 Å². The Morgan fingerprint density at radius 2 is 2.07 bits per heavy atom. The summed E-state index contributed by atoms with van der Waals surface area (Å²) in [7, 11) is 1.82. The van der Waals surface area contributed by atoms with E-state index in [-0.39, 0.29) is 0 Å². The van der Waals surface area contributed by atoms with Crippen molar-refractivity contribution in [1.82, 2.24) is 19.9 Å². The number of hydrogen-bond acceptors (Lipinski definition) is 9. The number of aliphatic hydroxyl groups is 1. The van der Waals surface area contributed by atoms with Gasteiger partial charge in [0, 0.05) is 19.2 Å². The second-order valence-corrected chi connectivity index (χ2v) is 7.01. The molecule has 1 aliphatic heterocycles. The van der Waals surface area contributed by atoms with Crippen LogP contribution in [0, 0.1) is 0 Å². The predicted octanol–water partition coefficient (Wildman–Crippen LogP) is 1.73. The minimum atomic E-state index is -0.862. The van der Waals surface area contributed by atoms with Crippen LogP contribution in [-0.2, 0) is 0 Å². The molecule has 10 nitrogen and oxygen atoms in total. The van der Waals surface area contributed by atoms with E-state index in [1.54, 1.807) is 10.7 Å². The van der Waals surface area contributed by atoms with Crippen molar-refractivity contribution < 1.29 is 14.6 Å². The second kappa shape index (κ2) is 7.30. The van der Waals surface area contributed by atoms with Gasteiger partial charge in [-0.1, -0.05) is 6.07 Å². The molecule has 152 valence electrons. The first kappa shape index (κ1) is 17.8. The molecule has 0 saturated heterocycles. The third-order valence-corrected chi connectivity index (χ3v) is 4.82. The fraction of sp³-hybridized carbons (Fsp3) is 0.368. The molecule has 0 amide bonds. The largest absolute Gasteiger partial charge is 0.486 e. The van der Waals surface area contributed by atoms with Gasteiger partial charge in [-0.3, -0.25) is 5.32 Å². The van der Waals surface area contributed by atoms with Gasteiger partial charge in [0.15, 0.2) is 23.5 Å². The van der Waals surface area contributed by atoms with E-state index in [1.807, 2.05) is 31.3 Å². The summed E-state index contributed by atoms with van der Waals surface area (Å²) in [5.41, 5.74) is 1.98. The molecule has 1 aliphatic carbocycles. The van der Waals surface area contributed by atoms with Gasteiger partial charge in [0.2, 0.25) is 0 Å². The van der Waals surface area contributed by atoms with Crippen LogP contribution in [0.15, 0.2) is 30.5 Å². The van der Waals surface area contributed by atoms with Crippen LogP contribution in [0.25, 0.3) is 5.65 Å². The maximum absolute atomic E-state index is 10.2. The van der Waals surface area contributed by atoms with Gasteiger partial charge >= 0.3 is 0 Å². The van der Waals surface area contributed by atoms with Crippen molar-refractivity contribution in [3.63, 3.8) is 0 Å². The van der Waals surface area contributed by atoms with Crippen LogP contribution in [0.3, 0.4) is 0 Å². The first-order valence-corrected chi connectivity index (χ1v) is 9.64. The van der Waals surface area contributed by atoms with E-state index in [9.17, 15) is 5.11 Å². The maximum atomic E-state index is 10.2. The van der Waals surface area contributed by atoms with Gasteiger partial charge in [0.1, 0.15) is 30.5 Å². The predicted molar refractivity (Wildman–Crippen MR) is 109 cm³/mol. The Hall–Kier alpha value is -3.24. The number of ether oxygens (including phenoxy) is 2. The molecule has 1 atom stereocenters. The monoisotopic (exact) mass is 397 g/mol. The van der Waals surface area contributed by atoms with E-state index in [0.29, 0.717) is 47.9 Å². The summed E-state index contributed by atoms with van der Waals surface area (Å²) in [5.74, 6) is 2.73. The molecule has 1 unspecified atom stereocenters. The van der Waals surface area contributed by atoms with Crippen LogP contribution in [0.1, 0.15) is 12.8 Å². The Morgan fingerprint density at radius 3 is 2.90 bits per heavy atom. The minimum Gasteiger partial charge on any atom is -0.486 e. The average molecular weight is 397 g/mol. The van der Waals surface area contributed by atoms with Gasteiger partial charge in [-0.05, 0) is 25.0 Å². The zero-order valence-corrected chi connectivity index (χ0v) is 16.0. The number of nitrogens with zero attached hydrogens (tertiary/aromatic N) is 3. The number of anilines is 4. The Morgan fingerprint density at radius 1 is 1.21 bits per heavy atom. The molecule has 0 bridgehead atoms. The third-order valence-electron chi connectivity index (χ3n) is 4.82. The molecule has 2 aromatic heterocycles. The first-order chi connectivity index (χ1) is 14.2. The number of para-hydroxylation sites is 1. The van der Waals surface area contributed by atoms with Crippen molar-refractivity contribution in [2.75, 3.05) is 36.2 Å². The SMILES string of the molecule is CNc1cc(Nc2cccc3c2OCCO3)nc2c(NC(O)NC3CC3)cnn12. The maximum Gasteiger partial charge on any atom is 0.184 e. The quantitative estimate of drug-likeness (QED) is 0.380. The third kappa shape index (κ3) is 3.59. The number of aliphatic hydroxyl groups excluding tert-OH is 1. The molecule has 10 heteroatoms. The number of fused-ring (bicyclic) bond motifs is 2. The van der Waals surface area contributed by atoms with Crippen molar-refractivity contribution in [3.05, 3.63) is 30.5 Å². The smallest absolute Gasteiger partial charge is 0.184 e. The van der Waals surface area contributed by atoms with Gasteiger partial charge in [-0.15, -0.1) is 0 Å². The lowest BCUT2D eigenvalue weighted by Gasteiger charge is -2.21. The molecule has 3 heterocycles. The van der Waals surface area contributed by atoms with E-state index in [0.717, 1.165) is 24.3 Å². The lowest BCUT2D eigenvalue weighted by Crippen LogP contribution is -2.37. The standard InChI is InChI=1S/C19H23N7O3/c1-20-16-9-15(23-12-3-2-4-14-17(12)29-8-7-28-14)25-18-13(10-21-26(16)18)24-19(27)22-11-5-6-11/h2-4,9-11,19-20,22,24,27H,5-8H2,1H3,(H,23,25). The molecule has 0 spiro atoms. The van der Waals surface area contributed by atoms with Crippen LogP contribution < -0.4 is 30.7 Å². The summed E-state index contributed by atoms with van der Waals surface area (Å²) in [5, 5.41) is 27.1. The summed E-state index contributed by atoms with van der Waals surface area (Å²) < 4.78 is 13.1. The summed E-state index contributed by atoms with van der Waals surface area (Å²) in [6, 6.07) is 7.91. The van der Waals surface area contributed by atoms with Gasteiger partial charge in [-0.2, -0.15) is 9.61 Å². The Bertz CT molecular complexity index is 1030. The van der Waals surface area contributed by atoms with Crippen molar-refractivity contribution in [2.45, 2.75) is 25.2 Å². The highest BCUT2D eigenvalue weighted by Crippen LogP contribution is 2.38.